The van der Waals surface area contributed by atoms with Crippen molar-refractivity contribution in [2.45, 2.75) is 47.1 Å². The zero-order valence-electron chi connectivity index (χ0n) is 16.9. The van der Waals surface area contributed by atoms with E-state index in [1.165, 1.54) is 0 Å². The molecule has 3 heterocycles. The van der Waals surface area contributed by atoms with Gasteiger partial charge in [-0.15, -0.1) is 11.3 Å². The molecule has 0 aliphatic heterocycles. The van der Waals surface area contributed by atoms with Crippen LogP contribution in [0.25, 0.3) is 22.4 Å². The smallest absolute Gasteiger partial charge is 0.259 e. The van der Waals surface area contributed by atoms with Crippen LogP contribution in [0.4, 0.5) is 0 Å². The molecule has 2 amide bonds. The van der Waals surface area contributed by atoms with Gasteiger partial charge in [-0.05, 0) is 53.7 Å². The number of pyridine rings is 1. The van der Waals surface area contributed by atoms with Crippen molar-refractivity contribution in [1.29, 1.82) is 0 Å². The first-order valence-corrected chi connectivity index (χ1v) is 9.80. The second-order valence-electron chi connectivity index (χ2n) is 7.81. The van der Waals surface area contributed by atoms with Crippen molar-refractivity contribution < 1.29 is 14.1 Å². The molecule has 0 bridgehead atoms. The number of fused-ring (bicyclic) bond motifs is 1. The Bertz CT molecular complexity index is 1060. The lowest BCUT2D eigenvalue weighted by Gasteiger charge is -2.20. The average Bonchev–Trinajstić information content (AvgIpc) is 3.12. The van der Waals surface area contributed by atoms with Crippen molar-refractivity contribution in [1.82, 2.24) is 20.8 Å². The summed E-state index contributed by atoms with van der Waals surface area (Å²) in [5.74, 6) is -0.619. The van der Waals surface area contributed by atoms with Crippen LogP contribution in [0, 0.1) is 20.8 Å². The van der Waals surface area contributed by atoms with Gasteiger partial charge in [-0.2, -0.15) is 0 Å². The number of nitrogens with one attached hydrogen (secondary N) is 2. The number of carbonyl (C=O) groups excluding carboxylic acids is 2. The standard InChI is InChI=1S/C20H24N4O3S/c1-10-7-13(12(3)28-10)15-8-14(17-11(2)24-27-19(17)22-15)18(26)21-9-16(25)23-20(4,5)6/h7-8H,9H2,1-6H3,(H,21,26)(H,23,25). The SMILES string of the molecule is Cc1cc(-c2cc(C(=O)NCC(=O)NC(C)(C)C)c3c(C)noc3n2)c(C)s1. The summed E-state index contributed by atoms with van der Waals surface area (Å²) in [6, 6.07) is 3.77. The van der Waals surface area contributed by atoms with Gasteiger partial charge in [0.1, 0.15) is 0 Å². The fourth-order valence-corrected chi connectivity index (χ4v) is 3.95. The van der Waals surface area contributed by atoms with Crippen LogP contribution in [-0.2, 0) is 4.79 Å². The van der Waals surface area contributed by atoms with Crippen LogP contribution in [0.2, 0.25) is 0 Å². The molecule has 0 aliphatic rings. The van der Waals surface area contributed by atoms with E-state index in [-0.39, 0.29) is 23.9 Å². The monoisotopic (exact) mass is 400 g/mol. The predicted octanol–water partition coefficient (Wildman–Crippen LogP) is 3.52. The third kappa shape index (κ3) is 4.22. The van der Waals surface area contributed by atoms with Crippen LogP contribution in [0.1, 0.15) is 46.6 Å². The molecule has 7 nitrogen and oxygen atoms in total. The number of rotatable bonds is 4. The molecule has 8 heteroatoms. The molecule has 0 aliphatic carbocycles. The number of hydrogen-bond acceptors (Lipinski definition) is 6. The Balaban J connectivity index is 1.95. The molecule has 28 heavy (non-hydrogen) atoms. The highest BCUT2D eigenvalue weighted by molar-refractivity contribution is 7.12. The van der Waals surface area contributed by atoms with Crippen LogP contribution < -0.4 is 10.6 Å². The lowest BCUT2D eigenvalue weighted by atomic mass is 10.1. The molecular formula is C20H24N4O3S. The lowest BCUT2D eigenvalue weighted by molar-refractivity contribution is -0.121. The summed E-state index contributed by atoms with van der Waals surface area (Å²) in [7, 11) is 0. The number of aryl methyl sites for hydroxylation is 3. The molecule has 2 N–H and O–H groups in total. The predicted molar refractivity (Wildman–Crippen MR) is 110 cm³/mol. The molecule has 0 atom stereocenters. The first-order chi connectivity index (χ1) is 13.0. The second kappa shape index (κ2) is 7.35. The maximum Gasteiger partial charge on any atom is 0.259 e. The number of thiophene rings is 1. The van der Waals surface area contributed by atoms with Crippen LogP contribution in [0.15, 0.2) is 16.7 Å². The molecule has 0 saturated carbocycles. The number of hydrogen-bond donors (Lipinski definition) is 2. The Kier molecular flexibility index (Phi) is 5.25. The van der Waals surface area contributed by atoms with Crippen molar-refractivity contribution in [3.8, 4) is 11.3 Å². The summed E-state index contributed by atoms with van der Waals surface area (Å²) < 4.78 is 5.32. The zero-order valence-corrected chi connectivity index (χ0v) is 17.7. The number of aromatic nitrogens is 2. The Hall–Kier alpha value is -2.74. The summed E-state index contributed by atoms with van der Waals surface area (Å²) in [5.41, 5.74) is 2.52. The van der Waals surface area contributed by atoms with E-state index in [4.69, 9.17) is 4.52 Å². The molecule has 3 aromatic rings. The maximum atomic E-state index is 12.9. The third-order valence-electron chi connectivity index (χ3n) is 4.10. The van der Waals surface area contributed by atoms with Crippen molar-refractivity contribution in [2.75, 3.05) is 6.54 Å². The van der Waals surface area contributed by atoms with E-state index in [1.54, 1.807) is 24.3 Å². The molecule has 0 spiro atoms. The quantitative estimate of drug-likeness (QED) is 0.698. The zero-order chi connectivity index (χ0) is 20.6. The van der Waals surface area contributed by atoms with E-state index in [9.17, 15) is 9.59 Å². The summed E-state index contributed by atoms with van der Waals surface area (Å²) in [4.78, 5) is 31.7. The van der Waals surface area contributed by atoms with Gasteiger partial charge in [-0.25, -0.2) is 4.98 Å². The minimum Gasteiger partial charge on any atom is -0.350 e. The highest BCUT2D eigenvalue weighted by Gasteiger charge is 2.21. The van der Waals surface area contributed by atoms with E-state index >= 15 is 0 Å². The molecule has 3 rings (SSSR count). The van der Waals surface area contributed by atoms with Gasteiger partial charge in [0.2, 0.25) is 5.91 Å². The summed E-state index contributed by atoms with van der Waals surface area (Å²) in [6.45, 7) is 11.3. The van der Waals surface area contributed by atoms with Gasteiger partial charge in [0.05, 0.1) is 28.9 Å². The molecule has 148 valence electrons. The number of amides is 2. The van der Waals surface area contributed by atoms with Crippen LogP contribution >= 0.6 is 11.3 Å². The van der Waals surface area contributed by atoms with Gasteiger partial charge in [0, 0.05) is 20.9 Å². The summed E-state index contributed by atoms with van der Waals surface area (Å²) in [6.07, 6.45) is 0. The van der Waals surface area contributed by atoms with Crippen molar-refractivity contribution in [3.05, 3.63) is 33.1 Å². The minimum absolute atomic E-state index is 0.115. The van der Waals surface area contributed by atoms with Gasteiger partial charge in [0.25, 0.3) is 11.6 Å². The molecule has 0 fully saturated rings. The van der Waals surface area contributed by atoms with E-state index in [0.717, 1.165) is 15.3 Å². The van der Waals surface area contributed by atoms with Crippen LogP contribution in [0.5, 0.6) is 0 Å². The van der Waals surface area contributed by atoms with Crippen LogP contribution in [-0.4, -0.2) is 34.0 Å². The summed E-state index contributed by atoms with van der Waals surface area (Å²) >= 11 is 1.67. The Labute approximate surface area is 167 Å². The number of nitrogens with zero attached hydrogens (tertiary/aromatic N) is 2. The highest BCUT2D eigenvalue weighted by Crippen LogP contribution is 2.32. The van der Waals surface area contributed by atoms with E-state index in [2.05, 4.69) is 20.8 Å². The fourth-order valence-electron chi connectivity index (χ4n) is 3.02. The lowest BCUT2D eigenvalue weighted by Crippen LogP contribution is -2.45. The van der Waals surface area contributed by atoms with Crippen LogP contribution in [0.3, 0.4) is 0 Å². The number of carbonyl (C=O) groups is 2. The molecule has 0 unspecified atom stereocenters. The van der Waals surface area contributed by atoms with Gasteiger partial charge < -0.3 is 15.2 Å². The van der Waals surface area contributed by atoms with Crippen molar-refractivity contribution in [3.63, 3.8) is 0 Å². The van der Waals surface area contributed by atoms with E-state index in [0.29, 0.717) is 28.1 Å². The fraction of sp³-hybridized carbons (Fsp3) is 0.400. The van der Waals surface area contributed by atoms with Gasteiger partial charge in [-0.3, -0.25) is 9.59 Å². The van der Waals surface area contributed by atoms with Gasteiger partial charge in [0.15, 0.2) is 0 Å². The highest BCUT2D eigenvalue weighted by atomic mass is 32.1. The van der Waals surface area contributed by atoms with Crippen molar-refractivity contribution >= 4 is 34.3 Å². The Morgan fingerprint density at radius 2 is 1.89 bits per heavy atom. The molecule has 3 aromatic heterocycles. The summed E-state index contributed by atoms with van der Waals surface area (Å²) in [5, 5.41) is 10.0. The molecule has 0 aromatic carbocycles. The maximum absolute atomic E-state index is 12.9. The Morgan fingerprint density at radius 1 is 1.18 bits per heavy atom. The van der Waals surface area contributed by atoms with Gasteiger partial charge in [-0.1, -0.05) is 5.16 Å². The average molecular weight is 401 g/mol. The topological polar surface area (TPSA) is 97.1 Å². The molecule has 0 saturated heterocycles. The first-order valence-electron chi connectivity index (χ1n) is 8.99. The first kappa shape index (κ1) is 20.0. The largest absolute Gasteiger partial charge is 0.350 e. The van der Waals surface area contributed by atoms with Crippen molar-refractivity contribution in [2.24, 2.45) is 0 Å². The van der Waals surface area contributed by atoms with Gasteiger partial charge >= 0.3 is 0 Å². The van der Waals surface area contributed by atoms with E-state index in [1.807, 2.05) is 40.7 Å². The normalized spacial score (nSPS) is 11.6. The molecule has 0 radical (unpaired) electrons. The Morgan fingerprint density at radius 3 is 2.50 bits per heavy atom. The second-order valence-corrected chi connectivity index (χ2v) is 9.27. The minimum atomic E-state index is -0.367. The third-order valence-corrected chi connectivity index (χ3v) is 5.07. The molecular weight excluding hydrogens is 376 g/mol. The van der Waals surface area contributed by atoms with E-state index < -0.39 is 0 Å².